The minimum absolute atomic E-state index is 0. The molecule has 0 bridgehead atoms. The number of H-pyrrole nitrogens is 1. The number of benzene rings is 1. The van der Waals surface area contributed by atoms with Gasteiger partial charge in [0.2, 0.25) is 0 Å². The van der Waals surface area contributed by atoms with Crippen LogP contribution in [0.4, 0.5) is 0 Å². The molecule has 1 aromatic heterocycles. The van der Waals surface area contributed by atoms with E-state index in [-0.39, 0.29) is 24.3 Å². The molecule has 0 aliphatic heterocycles. The van der Waals surface area contributed by atoms with Gasteiger partial charge in [-0.25, -0.2) is 4.98 Å². The second-order valence-corrected chi connectivity index (χ2v) is 3.70. The fourth-order valence-corrected chi connectivity index (χ4v) is 1.53. The zero-order valence-corrected chi connectivity index (χ0v) is 10.9. The first-order valence-corrected chi connectivity index (χ1v) is 5.43. The van der Waals surface area contributed by atoms with Crippen LogP contribution in [0.15, 0.2) is 29.5 Å². The molecule has 1 amide bonds. The summed E-state index contributed by atoms with van der Waals surface area (Å²) in [6.45, 7) is 0.748. The molecular formula is C11H15ClN6O. The number of nitrogens with zero attached hydrogens (tertiary/aromatic N) is 2. The summed E-state index contributed by atoms with van der Waals surface area (Å²) < 4.78 is 0. The molecule has 0 atom stereocenters. The van der Waals surface area contributed by atoms with Crippen molar-refractivity contribution in [2.45, 2.75) is 0 Å². The van der Waals surface area contributed by atoms with Crippen LogP contribution in [0.2, 0.25) is 0 Å². The van der Waals surface area contributed by atoms with Gasteiger partial charge in [-0.1, -0.05) is 0 Å². The van der Waals surface area contributed by atoms with Gasteiger partial charge in [-0.3, -0.25) is 9.79 Å². The Morgan fingerprint density at radius 3 is 2.95 bits per heavy atom. The largest absolute Gasteiger partial charge is 0.370 e. The smallest absolute Gasteiger partial charge is 0.251 e. The van der Waals surface area contributed by atoms with E-state index in [9.17, 15) is 4.79 Å². The molecule has 0 spiro atoms. The summed E-state index contributed by atoms with van der Waals surface area (Å²) in [5.41, 5.74) is 12.6. The monoisotopic (exact) mass is 282 g/mol. The number of carbonyl (C=O) groups is 1. The lowest BCUT2D eigenvalue weighted by molar-refractivity contribution is 0.0955. The van der Waals surface area contributed by atoms with Crippen molar-refractivity contribution in [3.63, 3.8) is 0 Å². The molecule has 19 heavy (non-hydrogen) atoms. The van der Waals surface area contributed by atoms with Crippen LogP contribution in [0.25, 0.3) is 11.0 Å². The first kappa shape index (κ1) is 14.8. The lowest BCUT2D eigenvalue weighted by Gasteiger charge is -2.03. The summed E-state index contributed by atoms with van der Waals surface area (Å²) in [5, 5.41) is 2.72. The number of aromatic nitrogens is 2. The highest BCUT2D eigenvalue weighted by Gasteiger charge is 2.06. The third kappa shape index (κ3) is 3.85. The van der Waals surface area contributed by atoms with Gasteiger partial charge in [0.25, 0.3) is 5.91 Å². The Labute approximate surface area is 115 Å². The maximum atomic E-state index is 11.8. The van der Waals surface area contributed by atoms with E-state index < -0.39 is 0 Å². The number of carbonyl (C=O) groups excluding carboxylic acids is 1. The van der Waals surface area contributed by atoms with Gasteiger partial charge >= 0.3 is 0 Å². The number of nitrogens with one attached hydrogen (secondary N) is 2. The maximum absolute atomic E-state index is 11.8. The summed E-state index contributed by atoms with van der Waals surface area (Å²) >= 11 is 0. The predicted molar refractivity (Wildman–Crippen MR) is 76.4 cm³/mol. The SMILES string of the molecule is Cl.NC(N)=NCCNC(=O)c1ccc2nc[nH]c2c1. The number of guanidine groups is 1. The Morgan fingerprint density at radius 1 is 1.42 bits per heavy atom. The summed E-state index contributed by atoms with van der Waals surface area (Å²) in [5.74, 6) is -0.152. The van der Waals surface area contributed by atoms with Gasteiger partial charge in [-0.2, -0.15) is 0 Å². The standard InChI is InChI=1S/C11H14N6O.ClH/c12-11(13)15-4-3-14-10(18)7-1-2-8-9(5-7)17-6-16-8;/h1-2,5-6H,3-4H2,(H,14,18)(H,16,17)(H4,12,13,15);1H. The highest BCUT2D eigenvalue weighted by atomic mass is 35.5. The van der Waals surface area contributed by atoms with Crippen LogP contribution in [0.5, 0.6) is 0 Å². The van der Waals surface area contributed by atoms with Crippen molar-refractivity contribution in [1.82, 2.24) is 15.3 Å². The van der Waals surface area contributed by atoms with Crippen molar-refractivity contribution < 1.29 is 4.79 Å². The van der Waals surface area contributed by atoms with Crippen molar-refractivity contribution >= 4 is 35.3 Å². The van der Waals surface area contributed by atoms with Crippen LogP contribution < -0.4 is 16.8 Å². The fraction of sp³-hybridized carbons (Fsp3) is 0.182. The van der Waals surface area contributed by atoms with Gasteiger partial charge in [0.15, 0.2) is 5.96 Å². The maximum Gasteiger partial charge on any atom is 0.251 e. The number of nitrogens with two attached hydrogens (primary N) is 2. The lowest BCUT2D eigenvalue weighted by atomic mass is 10.2. The molecule has 1 heterocycles. The van der Waals surface area contributed by atoms with Crippen molar-refractivity contribution in [3.05, 3.63) is 30.1 Å². The highest BCUT2D eigenvalue weighted by molar-refractivity contribution is 5.97. The number of hydrogen-bond donors (Lipinski definition) is 4. The Bertz CT molecular complexity index is 590. The van der Waals surface area contributed by atoms with E-state index in [1.165, 1.54) is 0 Å². The summed E-state index contributed by atoms with van der Waals surface area (Å²) in [7, 11) is 0. The fourth-order valence-electron chi connectivity index (χ4n) is 1.53. The Kier molecular flexibility index (Phi) is 5.13. The van der Waals surface area contributed by atoms with Crippen LogP contribution in [0, 0.1) is 0 Å². The van der Waals surface area contributed by atoms with Crippen LogP contribution >= 0.6 is 12.4 Å². The minimum atomic E-state index is -0.169. The predicted octanol–water partition coefficient (Wildman–Crippen LogP) is -0.0121. The number of aliphatic imine (C=N–C) groups is 1. The third-order valence-electron chi connectivity index (χ3n) is 2.37. The van der Waals surface area contributed by atoms with E-state index in [4.69, 9.17) is 11.5 Å². The molecule has 0 aliphatic rings. The first-order valence-electron chi connectivity index (χ1n) is 5.43. The van der Waals surface area contributed by atoms with Gasteiger partial charge in [0, 0.05) is 12.1 Å². The van der Waals surface area contributed by atoms with E-state index >= 15 is 0 Å². The first-order chi connectivity index (χ1) is 8.66. The molecule has 8 heteroatoms. The molecular weight excluding hydrogens is 268 g/mol. The van der Waals surface area contributed by atoms with Gasteiger partial charge < -0.3 is 21.8 Å². The molecule has 6 N–H and O–H groups in total. The van der Waals surface area contributed by atoms with Crippen molar-refractivity contribution in [1.29, 1.82) is 0 Å². The van der Waals surface area contributed by atoms with Gasteiger partial charge in [0.1, 0.15) is 0 Å². The van der Waals surface area contributed by atoms with E-state index in [2.05, 4.69) is 20.3 Å². The molecule has 2 rings (SSSR count). The number of hydrogen-bond acceptors (Lipinski definition) is 3. The molecule has 0 unspecified atom stereocenters. The minimum Gasteiger partial charge on any atom is -0.370 e. The molecule has 0 aliphatic carbocycles. The van der Waals surface area contributed by atoms with Gasteiger partial charge in [0.05, 0.1) is 23.9 Å². The molecule has 2 aromatic rings. The number of imidazole rings is 1. The van der Waals surface area contributed by atoms with E-state index in [1.807, 2.05) is 0 Å². The van der Waals surface area contributed by atoms with Crippen LogP contribution in [-0.2, 0) is 0 Å². The van der Waals surface area contributed by atoms with Crippen LogP contribution in [0.3, 0.4) is 0 Å². The topological polar surface area (TPSA) is 122 Å². The molecule has 0 saturated carbocycles. The third-order valence-corrected chi connectivity index (χ3v) is 2.37. The van der Waals surface area contributed by atoms with Crippen LogP contribution in [0.1, 0.15) is 10.4 Å². The Balaban J connectivity index is 0.00000180. The second kappa shape index (κ2) is 6.60. The van der Waals surface area contributed by atoms with E-state index in [1.54, 1.807) is 24.5 Å². The average Bonchev–Trinajstić information content (AvgIpc) is 2.81. The lowest BCUT2D eigenvalue weighted by Crippen LogP contribution is -2.28. The number of aromatic amines is 1. The van der Waals surface area contributed by atoms with Crippen molar-refractivity contribution in [3.8, 4) is 0 Å². The van der Waals surface area contributed by atoms with E-state index in [0.717, 1.165) is 11.0 Å². The molecule has 0 saturated heterocycles. The van der Waals surface area contributed by atoms with Crippen LogP contribution in [-0.4, -0.2) is 34.9 Å². The zero-order chi connectivity index (χ0) is 13.0. The molecule has 0 fully saturated rings. The zero-order valence-electron chi connectivity index (χ0n) is 10.1. The Morgan fingerprint density at radius 2 is 2.21 bits per heavy atom. The van der Waals surface area contributed by atoms with Crippen molar-refractivity contribution in [2.24, 2.45) is 16.5 Å². The second-order valence-electron chi connectivity index (χ2n) is 3.70. The number of halogens is 1. The average molecular weight is 283 g/mol. The summed E-state index contributed by atoms with van der Waals surface area (Å²) in [6, 6.07) is 5.26. The number of amides is 1. The quantitative estimate of drug-likeness (QED) is 0.358. The van der Waals surface area contributed by atoms with Gasteiger partial charge in [-0.15, -0.1) is 12.4 Å². The number of rotatable bonds is 4. The highest BCUT2D eigenvalue weighted by Crippen LogP contribution is 2.11. The number of fused-ring (bicyclic) bond motifs is 1. The molecule has 1 aromatic carbocycles. The Hall–Kier alpha value is -2.28. The summed E-state index contributed by atoms with van der Waals surface area (Å²) in [4.78, 5) is 22.6. The molecule has 7 nitrogen and oxygen atoms in total. The van der Waals surface area contributed by atoms with E-state index in [0.29, 0.717) is 18.7 Å². The molecule has 102 valence electrons. The summed E-state index contributed by atoms with van der Waals surface area (Å²) in [6.07, 6.45) is 1.59. The van der Waals surface area contributed by atoms with Crippen molar-refractivity contribution in [2.75, 3.05) is 13.1 Å². The normalized spacial score (nSPS) is 9.68. The molecule has 0 radical (unpaired) electrons. The van der Waals surface area contributed by atoms with Gasteiger partial charge in [-0.05, 0) is 18.2 Å².